The molecule has 0 amide bonds. The summed E-state index contributed by atoms with van der Waals surface area (Å²) in [5.74, 6) is 0. The van der Waals surface area contributed by atoms with E-state index in [1.807, 2.05) is 6.42 Å². The lowest BCUT2D eigenvalue weighted by Crippen LogP contribution is -1.93. The Balaban J connectivity index is 2.95. The topological polar surface area (TPSA) is 0 Å². The first-order chi connectivity index (χ1) is 3.13. The van der Waals surface area contributed by atoms with E-state index in [-0.39, 0.29) is 4.84 Å². The zero-order valence-electron chi connectivity index (χ0n) is 3.24. The van der Waals surface area contributed by atoms with Crippen LogP contribution < -0.4 is 0 Å². The Hall–Kier alpha value is 2.04. The van der Waals surface area contributed by atoms with Crippen LogP contribution in [0.2, 0.25) is 0 Å². The summed E-state index contributed by atoms with van der Waals surface area (Å²) >= 11 is 15.2. The van der Waals surface area contributed by atoms with E-state index in [0.29, 0.717) is 1.93 Å². The molecule has 1 radical (unpaired) electrons. The first-order valence-electron chi connectivity index (χ1n) is 1.54. The maximum atomic E-state index is 5.37. The van der Waals surface area contributed by atoms with E-state index >= 15 is 0 Å². The number of rotatable bonds is 2. The highest BCUT2D eigenvalue weighted by atomic mass is 127. The molecule has 43 valence electrons. The van der Waals surface area contributed by atoms with E-state index < -0.39 is 0 Å². The number of hydrogen-bond acceptors (Lipinski definition) is 0. The van der Waals surface area contributed by atoms with Gasteiger partial charge in [-0.25, -0.2) is 0 Å². The molecule has 4 heteroatoms. The molecule has 0 spiro atoms. The van der Waals surface area contributed by atoms with Crippen molar-refractivity contribution in [2.75, 3.05) is 0 Å². The Morgan fingerprint density at radius 3 is 1.71 bits per heavy atom. The molecular weight excluding hydrogens is 361 g/mol. The molecule has 0 aromatic carbocycles. The summed E-state index contributed by atoms with van der Waals surface area (Å²) in [5.41, 5.74) is 0. The lowest BCUT2D eigenvalue weighted by Gasteiger charge is -1.97. The van der Waals surface area contributed by atoms with Crippen molar-refractivity contribution in [1.82, 2.24) is 0 Å². The summed E-state index contributed by atoms with van der Waals surface area (Å²) in [6.45, 7) is 0. The zero-order chi connectivity index (χ0) is 5.86. The van der Waals surface area contributed by atoms with E-state index in [1.54, 1.807) is 0 Å². The summed E-state index contributed by atoms with van der Waals surface area (Å²) in [4.78, 5) is -0.321. The predicted octanol–water partition coefficient (Wildman–Crippen LogP) is 3.19. The van der Waals surface area contributed by atoms with Crippen LogP contribution in [0, 0.1) is 6.42 Å². The minimum Gasteiger partial charge on any atom is -0.105 e. The summed E-state index contributed by atoms with van der Waals surface area (Å²) in [6.07, 6.45) is 1.84. The van der Waals surface area contributed by atoms with Crippen molar-refractivity contribution in [1.29, 1.82) is 0 Å². The minimum absolute atomic E-state index is 0.321. The molecule has 0 aromatic heterocycles. The molecule has 0 saturated carbocycles. The van der Waals surface area contributed by atoms with E-state index in [4.69, 9.17) is 23.2 Å². The van der Waals surface area contributed by atoms with Crippen molar-refractivity contribution in [2.45, 2.75) is 6.77 Å². The molecule has 0 saturated heterocycles. The van der Waals surface area contributed by atoms with Gasteiger partial charge in [-0.1, -0.05) is 45.2 Å². The summed E-state index contributed by atoms with van der Waals surface area (Å²) in [6, 6.07) is 0. The van der Waals surface area contributed by atoms with Gasteiger partial charge in [0.1, 0.15) is 4.84 Å². The van der Waals surface area contributed by atoms with Gasteiger partial charge in [0.25, 0.3) is 0 Å². The molecule has 0 bridgehead atoms. The molecule has 0 rings (SSSR count). The van der Waals surface area contributed by atoms with Crippen LogP contribution in [0.3, 0.4) is 0 Å². The van der Waals surface area contributed by atoms with Gasteiger partial charge in [0.2, 0.25) is 0 Å². The van der Waals surface area contributed by atoms with Gasteiger partial charge in [-0.3, -0.25) is 0 Å². The van der Waals surface area contributed by atoms with Crippen LogP contribution in [-0.2, 0) is 0 Å². The van der Waals surface area contributed by atoms with Gasteiger partial charge in [0.15, 0.2) is 0 Å². The molecule has 0 atom stereocenters. The van der Waals surface area contributed by atoms with Crippen molar-refractivity contribution >= 4 is 68.4 Å². The third-order valence-corrected chi connectivity index (χ3v) is 1.41. The van der Waals surface area contributed by atoms with Crippen LogP contribution in [0.5, 0.6) is 0 Å². The van der Waals surface area contributed by atoms with Crippen LogP contribution in [0.25, 0.3) is 0 Å². The standard InChI is InChI=1S/C3H3Cl2I2/c4-2(5)1-3(6)7/h1-3H. The lowest BCUT2D eigenvalue weighted by atomic mass is 10.6. The Kier molecular flexibility index (Phi) is 6.30. The second kappa shape index (κ2) is 4.88. The molecule has 0 N–H and O–H groups in total. The van der Waals surface area contributed by atoms with Crippen LogP contribution in [0.15, 0.2) is 0 Å². The second-order valence-electron chi connectivity index (χ2n) is 0.861. The van der Waals surface area contributed by atoms with Gasteiger partial charge in [-0.2, -0.15) is 0 Å². The Morgan fingerprint density at radius 2 is 1.71 bits per heavy atom. The summed E-state index contributed by atoms with van der Waals surface area (Å²) in [7, 11) is 0. The third kappa shape index (κ3) is 8.04. The van der Waals surface area contributed by atoms with Gasteiger partial charge in [-0.05, 0) is 0 Å². The molecule has 7 heavy (non-hydrogen) atoms. The van der Waals surface area contributed by atoms with Gasteiger partial charge in [0, 0.05) is 6.42 Å². The maximum absolute atomic E-state index is 5.37. The Morgan fingerprint density at radius 1 is 1.29 bits per heavy atom. The zero-order valence-corrected chi connectivity index (χ0v) is 9.07. The molecule has 0 aliphatic heterocycles. The molecule has 0 heterocycles. The van der Waals surface area contributed by atoms with Crippen molar-refractivity contribution in [3.63, 3.8) is 0 Å². The maximum Gasteiger partial charge on any atom is 0.112 e. The summed E-state index contributed by atoms with van der Waals surface area (Å²) < 4.78 is 0.426. The fourth-order valence-electron chi connectivity index (χ4n) is 0.110. The van der Waals surface area contributed by atoms with Crippen molar-refractivity contribution in [3.05, 3.63) is 6.42 Å². The fourth-order valence-corrected chi connectivity index (χ4v) is 2.21. The van der Waals surface area contributed by atoms with E-state index in [2.05, 4.69) is 45.2 Å². The smallest absolute Gasteiger partial charge is 0.105 e. The quantitative estimate of drug-likeness (QED) is 0.522. The highest BCUT2D eigenvalue weighted by molar-refractivity contribution is 14.2. The SMILES string of the molecule is ClC(Cl)[CH]C(I)I. The van der Waals surface area contributed by atoms with Gasteiger partial charge in [0.05, 0.1) is 1.93 Å². The van der Waals surface area contributed by atoms with Crippen LogP contribution >= 0.6 is 68.4 Å². The second-order valence-corrected chi connectivity index (χ2v) is 7.09. The van der Waals surface area contributed by atoms with E-state index in [0.717, 1.165) is 0 Å². The number of hydrogen-bond donors (Lipinski definition) is 0. The highest BCUT2D eigenvalue weighted by Gasteiger charge is 2.03. The molecule has 0 aromatic rings. The molecule has 0 nitrogen and oxygen atoms in total. The normalized spacial score (nSPS) is 11.1. The molecule has 0 fully saturated rings. The fraction of sp³-hybridized carbons (Fsp3) is 0.667. The van der Waals surface area contributed by atoms with E-state index in [1.165, 1.54) is 0 Å². The van der Waals surface area contributed by atoms with Gasteiger partial charge in [-0.15, -0.1) is 23.2 Å². The van der Waals surface area contributed by atoms with Crippen LogP contribution in [0.1, 0.15) is 0 Å². The monoisotopic (exact) mass is 363 g/mol. The number of halogens is 4. The molecule has 0 aliphatic rings. The Labute approximate surface area is 80.6 Å². The van der Waals surface area contributed by atoms with Crippen molar-refractivity contribution in [3.8, 4) is 0 Å². The molecule has 0 unspecified atom stereocenters. The lowest BCUT2D eigenvalue weighted by molar-refractivity contribution is 1.35. The average molecular weight is 364 g/mol. The summed E-state index contributed by atoms with van der Waals surface area (Å²) in [5, 5.41) is 0. The largest absolute Gasteiger partial charge is 0.112 e. The highest BCUT2D eigenvalue weighted by Crippen LogP contribution is 2.19. The molecule has 0 aliphatic carbocycles. The third-order valence-electron chi connectivity index (χ3n) is 0.291. The van der Waals surface area contributed by atoms with Crippen LogP contribution in [-0.4, -0.2) is 6.77 Å². The van der Waals surface area contributed by atoms with Crippen LogP contribution in [0.4, 0.5) is 0 Å². The average Bonchev–Trinajstić information content (AvgIpc) is 1.27. The first kappa shape index (κ1) is 9.04. The Bertz CT molecular complexity index is 40.2. The predicted molar refractivity (Wildman–Crippen MR) is 51.6 cm³/mol. The van der Waals surface area contributed by atoms with Crippen molar-refractivity contribution < 1.29 is 0 Å². The van der Waals surface area contributed by atoms with Gasteiger partial charge >= 0.3 is 0 Å². The van der Waals surface area contributed by atoms with Gasteiger partial charge < -0.3 is 0 Å². The minimum atomic E-state index is -0.321. The van der Waals surface area contributed by atoms with E-state index in [9.17, 15) is 0 Å². The molecular formula is C3H3Cl2I2. The first-order valence-corrected chi connectivity index (χ1v) is 4.90. The number of alkyl halides is 4. The van der Waals surface area contributed by atoms with Crippen molar-refractivity contribution in [2.24, 2.45) is 0 Å².